The van der Waals surface area contributed by atoms with E-state index in [9.17, 15) is 29.3 Å². The van der Waals surface area contributed by atoms with Crippen LogP contribution in [-0.4, -0.2) is 77.4 Å². The number of hydrogen-bond donors (Lipinski definition) is 4. The van der Waals surface area contributed by atoms with Crippen LogP contribution in [0.2, 0.25) is 0 Å². The minimum absolute atomic E-state index is 0.0706. The van der Waals surface area contributed by atoms with Gasteiger partial charge in [-0.05, 0) is 5.56 Å². The number of nitrogens with zero attached hydrogens (tertiary/aromatic N) is 4. The maximum atomic E-state index is 14.9. The predicted molar refractivity (Wildman–Crippen MR) is 109 cm³/mol. The van der Waals surface area contributed by atoms with Gasteiger partial charge in [0.05, 0.1) is 12.9 Å². The number of aliphatic hydroxyl groups is 1. The van der Waals surface area contributed by atoms with Gasteiger partial charge >= 0.3 is 11.9 Å². The van der Waals surface area contributed by atoms with Crippen molar-refractivity contribution in [2.45, 2.75) is 36.6 Å². The summed E-state index contributed by atoms with van der Waals surface area (Å²) in [5.74, 6) is -3.42. The Balaban J connectivity index is 1.55. The molecule has 1 saturated heterocycles. The van der Waals surface area contributed by atoms with Crippen LogP contribution in [0, 0.1) is 0 Å². The van der Waals surface area contributed by atoms with Gasteiger partial charge in [0.15, 0.2) is 23.9 Å². The first-order valence-electron chi connectivity index (χ1n) is 9.80. The van der Waals surface area contributed by atoms with E-state index >= 15 is 0 Å². The maximum Gasteiger partial charge on any atom is 0.348 e. The van der Waals surface area contributed by atoms with E-state index in [0.717, 1.165) is 6.33 Å². The average molecular weight is 461 g/mol. The zero-order chi connectivity index (χ0) is 23.8. The highest BCUT2D eigenvalue weighted by molar-refractivity contribution is 6.02. The molecule has 0 saturated carbocycles. The van der Waals surface area contributed by atoms with Gasteiger partial charge in [-0.1, -0.05) is 30.3 Å². The number of carboxylic acids is 2. The molecule has 1 aliphatic heterocycles. The number of alkyl halides is 1. The smallest absolute Gasteiger partial charge is 0.348 e. The molecule has 0 bridgehead atoms. The van der Waals surface area contributed by atoms with Crippen molar-refractivity contribution in [1.82, 2.24) is 19.5 Å². The summed E-state index contributed by atoms with van der Waals surface area (Å²) < 4.78 is 27.0. The molecule has 0 radical (unpaired) electrons. The lowest BCUT2D eigenvalue weighted by molar-refractivity contribution is -0.190. The number of nitrogens with two attached hydrogens (primary N) is 1. The fourth-order valence-corrected chi connectivity index (χ4v) is 3.65. The molecular formula is C20H20FN5O7. The SMILES string of the molecule is Nc1ncnc2c1ncn2[C@@H]1O[C@H](COC(Cc2ccccc2)(C(=O)O)C(=O)O)[C@@H](O)[C@H]1F. The quantitative estimate of drug-likeness (QED) is 0.335. The van der Waals surface area contributed by atoms with E-state index in [1.807, 2.05) is 0 Å². The number of benzene rings is 1. The molecule has 13 heteroatoms. The zero-order valence-corrected chi connectivity index (χ0v) is 17.0. The van der Waals surface area contributed by atoms with Crippen LogP contribution >= 0.6 is 0 Å². The van der Waals surface area contributed by atoms with Crippen molar-refractivity contribution in [2.75, 3.05) is 12.3 Å². The molecule has 4 atom stereocenters. The molecule has 3 heterocycles. The summed E-state index contributed by atoms with van der Waals surface area (Å²) in [5.41, 5.74) is 3.84. The molecule has 174 valence electrons. The molecule has 1 aliphatic rings. The van der Waals surface area contributed by atoms with Crippen molar-refractivity contribution in [3.63, 3.8) is 0 Å². The van der Waals surface area contributed by atoms with Crippen molar-refractivity contribution >= 4 is 28.9 Å². The number of anilines is 1. The Morgan fingerprint density at radius 3 is 2.55 bits per heavy atom. The molecule has 12 nitrogen and oxygen atoms in total. The van der Waals surface area contributed by atoms with Crippen molar-refractivity contribution in [3.8, 4) is 0 Å². The Labute approximate surface area is 185 Å². The first kappa shape index (κ1) is 22.5. The second-order valence-electron chi connectivity index (χ2n) is 7.49. The van der Waals surface area contributed by atoms with Gasteiger partial charge in [0.25, 0.3) is 5.60 Å². The lowest BCUT2D eigenvalue weighted by Crippen LogP contribution is -2.52. The highest BCUT2D eigenvalue weighted by Gasteiger charge is 2.51. The van der Waals surface area contributed by atoms with E-state index in [0.29, 0.717) is 5.56 Å². The number of aromatic nitrogens is 4. The van der Waals surface area contributed by atoms with E-state index in [-0.39, 0.29) is 17.0 Å². The molecule has 0 amide bonds. The number of aliphatic hydroxyl groups excluding tert-OH is 1. The number of fused-ring (bicyclic) bond motifs is 1. The Morgan fingerprint density at radius 2 is 1.88 bits per heavy atom. The van der Waals surface area contributed by atoms with Gasteiger partial charge in [0.2, 0.25) is 0 Å². The van der Waals surface area contributed by atoms with Crippen molar-refractivity contribution in [3.05, 3.63) is 48.5 Å². The molecule has 0 aliphatic carbocycles. The number of aliphatic carboxylic acids is 2. The third-order valence-corrected chi connectivity index (χ3v) is 5.44. The number of imidazole rings is 1. The van der Waals surface area contributed by atoms with Gasteiger partial charge in [-0.3, -0.25) is 4.57 Å². The van der Waals surface area contributed by atoms with Crippen molar-refractivity contribution < 1.29 is 38.8 Å². The number of rotatable bonds is 8. The Kier molecular flexibility index (Phi) is 5.93. The normalized spacial score (nSPS) is 23.1. The largest absolute Gasteiger partial charge is 0.479 e. The Morgan fingerprint density at radius 1 is 1.18 bits per heavy atom. The van der Waals surface area contributed by atoms with Crippen LogP contribution in [0.5, 0.6) is 0 Å². The maximum absolute atomic E-state index is 14.9. The van der Waals surface area contributed by atoms with Crippen molar-refractivity contribution in [1.29, 1.82) is 0 Å². The number of nitrogen functional groups attached to an aromatic ring is 1. The second kappa shape index (κ2) is 8.69. The molecule has 1 aromatic carbocycles. The van der Waals surface area contributed by atoms with Gasteiger partial charge in [0, 0.05) is 6.42 Å². The van der Waals surface area contributed by atoms with Gasteiger partial charge in [0.1, 0.15) is 24.1 Å². The van der Waals surface area contributed by atoms with Gasteiger partial charge in [-0.15, -0.1) is 0 Å². The van der Waals surface area contributed by atoms with Crippen LogP contribution in [-0.2, 0) is 25.5 Å². The summed E-state index contributed by atoms with van der Waals surface area (Å²) in [4.78, 5) is 35.7. The van der Waals surface area contributed by atoms with Crippen molar-refractivity contribution in [2.24, 2.45) is 0 Å². The second-order valence-corrected chi connectivity index (χ2v) is 7.49. The minimum atomic E-state index is -2.67. The predicted octanol–water partition coefficient (Wildman–Crippen LogP) is 0.172. The summed E-state index contributed by atoms with van der Waals surface area (Å²) in [5, 5.41) is 29.7. The van der Waals surface area contributed by atoms with Crippen LogP contribution in [0.4, 0.5) is 10.2 Å². The molecule has 5 N–H and O–H groups in total. The average Bonchev–Trinajstić information content (AvgIpc) is 3.34. The summed E-state index contributed by atoms with van der Waals surface area (Å²) in [6, 6.07) is 8.04. The van der Waals surface area contributed by atoms with Gasteiger partial charge in [-0.25, -0.2) is 28.9 Å². The number of carbonyl (C=O) groups is 2. The first-order chi connectivity index (χ1) is 15.7. The fraction of sp³-hybridized carbons (Fsp3) is 0.350. The molecule has 4 rings (SSSR count). The molecule has 3 aromatic rings. The Hall–Kier alpha value is -3.68. The lowest BCUT2D eigenvalue weighted by atomic mass is 9.94. The molecule has 0 spiro atoms. The van der Waals surface area contributed by atoms with Crippen LogP contribution in [0.25, 0.3) is 11.2 Å². The van der Waals surface area contributed by atoms with Crippen LogP contribution in [0.15, 0.2) is 43.0 Å². The van der Waals surface area contributed by atoms with Crippen LogP contribution in [0.1, 0.15) is 11.8 Å². The van der Waals surface area contributed by atoms with E-state index in [2.05, 4.69) is 15.0 Å². The number of ether oxygens (including phenoxy) is 2. The van der Waals surface area contributed by atoms with Crippen LogP contribution < -0.4 is 5.73 Å². The molecule has 33 heavy (non-hydrogen) atoms. The minimum Gasteiger partial charge on any atom is -0.479 e. The first-order valence-corrected chi connectivity index (χ1v) is 9.80. The molecule has 0 unspecified atom stereocenters. The van der Waals surface area contributed by atoms with E-state index < -0.39 is 55.2 Å². The zero-order valence-electron chi connectivity index (χ0n) is 17.0. The van der Waals surface area contributed by atoms with Crippen LogP contribution in [0.3, 0.4) is 0 Å². The monoisotopic (exact) mass is 461 g/mol. The van der Waals surface area contributed by atoms with Gasteiger partial charge < -0.3 is 30.5 Å². The third-order valence-electron chi connectivity index (χ3n) is 5.44. The Bertz CT molecular complexity index is 1160. The number of carboxylic acid groups (broad SMARTS) is 2. The topological polar surface area (TPSA) is 183 Å². The highest BCUT2D eigenvalue weighted by Crippen LogP contribution is 2.35. The van der Waals surface area contributed by atoms with E-state index in [1.165, 1.54) is 10.9 Å². The van der Waals surface area contributed by atoms with E-state index in [4.69, 9.17) is 15.2 Å². The third kappa shape index (κ3) is 3.97. The highest BCUT2D eigenvalue weighted by atomic mass is 19.1. The van der Waals surface area contributed by atoms with Gasteiger partial charge in [-0.2, -0.15) is 0 Å². The summed E-state index contributed by atoms with van der Waals surface area (Å²) in [7, 11) is 0. The molecule has 1 fully saturated rings. The molecule has 2 aromatic heterocycles. The summed E-state index contributed by atoms with van der Waals surface area (Å²) in [6.07, 6.45) is -4.56. The summed E-state index contributed by atoms with van der Waals surface area (Å²) in [6.45, 7) is -0.701. The standard InChI is InChI=1S/C20H20FN5O7/c21-12-14(27)11(33-17(12)26-9-25-13-15(22)23-8-24-16(13)26)7-32-20(18(28)29,19(30)31)6-10-4-2-1-3-5-10/h1-5,8-9,11-12,14,17,27H,6-7H2,(H,28,29)(H,30,31)(H2,22,23,24)/t11-,12-,14-,17-/m1/s1. The molecular weight excluding hydrogens is 441 g/mol. The number of hydrogen-bond acceptors (Lipinski definition) is 9. The summed E-state index contributed by atoms with van der Waals surface area (Å²) >= 11 is 0. The van der Waals surface area contributed by atoms with E-state index in [1.54, 1.807) is 30.3 Å². The fourth-order valence-electron chi connectivity index (χ4n) is 3.65. The number of halogens is 1. The lowest BCUT2D eigenvalue weighted by Gasteiger charge is -2.27.